The predicted molar refractivity (Wildman–Crippen MR) is 89.5 cm³/mol. The van der Waals surface area contributed by atoms with Gasteiger partial charge in [-0.2, -0.15) is 5.26 Å². The smallest absolute Gasteiger partial charge is 0.251 e. The number of carbonyl (C=O) groups is 2. The van der Waals surface area contributed by atoms with Gasteiger partial charge in [-0.3, -0.25) is 9.59 Å². The highest BCUT2D eigenvalue weighted by Crippen LogP contribution is 2.34. The predicted octanol–water partition coefficient (Wildman–Crippen LogP) is 1.97. The molecule has 0 aliphatic carbocycles. The van der Waals surface area contributed by atoms with Gasteiger partial charge in [-0.15, -0.1) is 0 Å². The molecule has 1 unspecified atom stereocenters. The monoisotopic (exact) mass is 329 g/mol. The number of carbonyl (C=O) groups excluding carboxylic acids is 2. The van der Waals surface area contributed by atoms with Crippen molar-refractivity contribution in [2.24, 2.45) is 5.41 Å². The average Bonchev–Trinajstić information content (AvgIpc) is 2.58. The Bertz CT molecular complexity index is 664. The molecule has 0 bridgehead atoms. The van der Waals surface area contributed by atoms with E-state index in [1.54, 1.807) is 29.2 Å². The van der Waals surface area contributed by atoms with Crippen LogP contribution in [0.25, 0.3) is 0 Å². The van der Waals surface area contributed by atoms with Gasteiger partial charge in [-0.1, -0.05) is 19.9 Å². The van der Waals surface area contributed by atoms with E-state index in [1.807, 2.05) is 13.8 Å². The number of nitriles is 1. The van der Waals surface area contributed by atoms with Crippen molar-refractivity contribution in [3.8, 4) is 11.8 Å². The van der Waals surface area contributed by atoms with Crippen molar-refractivity contribution < 1.29 is 14.3 Å². The number of rotatable bonds is 4. The van der Waals surface area contributed by atoms with Crippen LogP contribution in [-0.2, 0) is 4.79 Å². The molecule has 0 aromatic heterocycles. The van der Waals surface area contributed by atoms with Gasteiger partial charge in [0.25, 0.3) is 5.91 Å². The van der Waals surface area contributed by atoms with Gasteiger partial charge in [0.05, 0.1) is 19.7 Å². The van der Waals surface area contributed by atoms with Gasteiger partial charge in [0.15, 0.2) is 0 Å². The van der Waals surface area contributed by atoms with E-state index in [9.17, 15) is 14.9 Å². The zero-order chi connectivity index (χ0) is 17.7. The summed E-state index contributed by atoms with van der Waals surface area (Å²) >= 11 is 0. The van der Waals surface area contributed by atoms with Crippen LogP contribution in [0, 0.1) is 16.7 Å². The minimum atomic E-state index is -0.465. The van der Waals surface area contributed by atoms with Crippen molar-refractivity contribution >= 4 is 11.8 Å². The number of ether oxygens (including phenoxy) is 1. The summed E-state index contributed by atoms with van der Waals surface area (Å²) in [7, 11) is 1.53. The molecule has 1 saturated heterocycles. The summed E-state index contributed by atoms with van der Waals surface area (Å²) in [5, 5.41) is 12.0. The Balaban J connectivity index is 1.99. The highest BCUT2D eigenvalue weighted by atomic mass is 16.5. The van der Waals surface area contributed by atoms with Crippen LogP contribution in [0.4, 0.5) is 0 Å². The molecular weight excluding hydrogens is 306 g/mol. The van der Waals surface area contributed by atoms with E-state index in [0.717, 1.165) is 12.8 Å². The molecule has 6 heteroatoms. The van der Waals surface area contributed by atoms with Gasteiger partial charge < -0.3 is 15.0 Å². The first-order chi connectivity index (χ1) is 11.4. The second-order valence-electron chi connectivity index (χ2n) is 6.63. The van der Waals surface area contributed by atoms with Crippen LogP contribution in [0.15, 0.2) is 24.3 Å². The van der Waals surface area contributed by atoms with E-state index >= 15 is 0 Å². The number of amides is 2. The normalized spacial score (nSPS) is 19.2. The van der Waals surface area contributed by atoms with Crippen LogP contribution in [0.1, 0.15) is 37.0 Å². The lowest BCUT2D eigenvalue weighted by atomic mass is 9.77. The fourth-order valence-corrected chi connectivity index (χ4v) is 3.03. The van der Waals surface area contributed by atoms with Gasteiger partial charge >= 0.3 is 0 Å². The zero-order valence-electron chi connectivity index (χ0n) is 14.3. The summed E-state index contributed by atoms with van der Waals surface area (Å²) in [5.74, 6) is 0.00824. The standard InChI is InChI=1S/C18H23N3O3/c1-18(2)8-5-9-21(15(18)11-19)16(22)12-20-17(23)13-6-4-7-14(10-13)24-3/h4,6-7,10,15H,5,8-9,12H2,1-3H3,(H,20,23). The van der Waals surface area contributed by atoms with Gasteiger partial charge in [-0.05, 0) is 36.5 Å². The molecule has 1 aromatic rings. The van der Waals surface area contributed by atoms with Gasteiger partial charge in [0, 0.05) is 12.1 Å². The summed E-state index contributed by atoms with van der Waals surface area (Å²) in [5.41, 5.74) is 0.192. The van der Waals surface area contributed by atoms with E-state index < -0.39 is 6.04 Å². The number of nitrogens with one attached hydrogen (secondary N) is 1. The molecular formula is C18H23N3O3. The largest absolute Gasteiger partial charge is 0.497 e. The quantitative estimate of drug-likeness (QED) is 0.915. The average molecular weight is 329 g/mol. The fraction of sp³-hybridized carbons (Fsp3) is 0.500. The maximum absolute atomic E-state index is 12.4. The van der Waals surface area contributed by atoms with Crippen molar-refractivity contribution in [3.05, 3.63) is 29.8 Å². The first-order valence-electron chi connectivity index (χ1n) is 8.00. The molecule has 1 aliphatic heterocycles. The van der Waals surface area contributed by atoms with Crippen LogP contribution >= 0.6 is 0 Å². The summed E-state index contributed by atoms with van der Waals surface area (Å²) < 4.78 is 5.09. The zero-order valence-corrected chi connectivity index (χ0v) is 14.3. The van der Waals surface area contributed by atoms with Gasteiger partial charge in [-0.25, -0.2) is 0 Å². The SMILES string of the molecule is COc1cccc(C(=O)NCC(=O)N2CCCC(C)(C)C2C#N)c1. The van der Waals surface area contributed by atoms with E-state index in [-0.39, 0.29) is 23.8 Å². The number of hydrogen-bond donors (Lipinski definition) is 1. The third kappa shape index (κ3) is 3.85. The molecule has 1 aliphatic rings. The molecule has 0 spiro atoms. The number of likely N-dealkylation sites (tertiary alicyclic amines) is 1. The molecule has 1 aromatic carbocycles. The second kappa shape index (κ2) is 7.35. The van der Waals surface area contributed by atoms with Crippen molar-refractivity contribution in [1.29, 1.82) is 5.26 Å². The molecule has 2 amide bonds. The second-order valence-corrected chi connectivity index (χ2v) is 6.63. The van der Waals surface area contributed by atoms with E-state index in [1.165, 1.54) is 7.11 Å². The van der Waals surface area contributed by atoms with Crippen molar-refractivity contribution in [1.82, 2.24) is 10.2 Å². The van der Waals surface area contributed by atoms with Crippen LogP contribution in [0.2, 0.25) is 0 Å². The number of hydrogen-bond acceptors (Lipinski definition) is 4. The summed E-state index contributed by atoms with van der Waals surface area (Å²) in [6.07, 6.45) is 1.77. The fourth-order valence-electron chi connectivity index (χ4n) is 3.03. The van der Waals surface area contributed by atoms with Crippen LogP contribution in [0.5, 0.6) is 5.75 Å². The van der Waals surface area contributed by atoms with Crippen molar-refractivity contribution in [2.75, 3.05) is 20.2 Å². The van der Waals surface area contributed by atoms with E-state index in [4.69, 9.17) is 4.74 Å². The van der Waals surface area contributed by atoms with E-state index in [0.29, 0.717) is 17.9 Å². The van der Waals surface area contributed by atoms with E-state index in [2.05, 4.69) is 11.4 Å². The number of nitrogens with zero attached hydrogens (tertiary/aromatic N) is 2. The molecule has 128 valence electrons. The molecule has 1 atom stereocenters. The molecule has 0 radical (unpaired) electrons. The number of benzene rings is 1. The first-order valence-corrected chi connectivity index (χ1v) is 8.00. The van der Waals surface area contributed by atoms with Crippen LogP contribution in [0.3, 0.4) is 0 Å². The molecule has 1 N–H and O–H groups in total. The summed E-state index contributed by atoms with van der Waals surface area (Å²) in [6.45, 7) is 4.42. The molecule has 1 fully saturated rings. The lowest BCUT2D eigenvalue weighted by Crippen LogP contribution is -2.54. The molecule has 2 rings (SSSR count). The maximum atomic E-state index is 12.4. The highest BCUT2D eigenvalue weighted by Gasteiger charge is 2.39. The number of methoxy groups -OCH3 is 1. The maximum Gasteiger partial charge on any atom is 0.251 e. The highest BCUT2D eigenvalue weighted by molar-refractivity contribution is 5.96. The summed E-state index contributed by atoms with van der Waals surface area (Å²) in [4.78, 5) is 26.2. The van der Waals surface area contributed by atoms with Crippen molar-refractivity contribution in [3.63, 3.8) is 0 Å². The minimum absolute atomic E-state index is 0.121. The van der Waals surface area contributed by atoms with Gasteiger partial charge in [0.1, 0.15) is 11.8 Å². The lowest BCUT2D eigenvalue weighted by molar-refractivity contribution is -0.135. The molecule has 6 nitrogen and oxygen atoms in total. The Morgan fingerprint density at radius 3 is 2.88 bits per heavy atom. The minimum Gasteiger partial charge on any atom is -0.497 e. The third-order valence-electron chi connectivity index (χ3n) is 4.45. The van der Waals surface area contributed by atoms with Crippen molar-refractivity contribution in [2.45, 2.75) is 32.7 Å². The Morgan fingerprint density at radius 2 is 2.21 bits per heavy atom. The first kappa shape index (κ1) is 17.8. The van der Waals surface area contributed by atoms with Crippen LogP contribution in [-0.4, -0.2) is 43.0 Å². The Morgan fingerprint density at radius 1 is 1.46 bits per heavy atom. The Kier molecular flexibility index (Phi) is 5.45. The summed E-state index contributed by atoms with van der Waals surface area (Å²) in [6, 6.07) is 8.50. The topological polar surface area (TPSA) is 82.4 Å². The molecule has 24 heavy (non-hydrogen) atoms. The Hall–Kier alpha value is -2.55. The van der Waals surface area contributed by atoms with Gasteiger partial charge in [0.2, 0.25) is 5.91 Å². The number of piperidine rings is 1. The molecule has 1 heterocycles. The third-order valence-corrected chi connectivity index (χ3v) is 4.45. The lowest BCUT2D eigenvalue weighted by Gasteiger charge is -2.42. The Labute approximate surface area is 142 Å². The van der Waals surface area contributed by atoms with Crippen LogP contribution < -0.4 is 10.1 Å². The molecule has 0 saturated carbocycles.